The Bertz CT molecular complexity index is 842. The fourth-order valence-corrected chi connectivity index (χ4v) is 2.76. The van der Waals surface area contributed by atoms with Gasteiger partial charge in [0.2, 0.25) is 0 Å². The highest BCUT2D eigenvalue weighted by molar-refractivity contribution is 14.1. The molecule has 0 bridgehead atoms. The molecule has 0 unspecified atom stereocenters. The first-order valence-corrected chi connectivity index (χ1v) is 7.36. The van der Waals surface area contributed by atoms with Crippen LogP contribution in [0.15, 0.2) is 42.7 Å². The standard InChI is InChI=1S/C15H12IN3O2/c1-9-6-11(16)3-4-12(9)18-19-8-17-13-7-10(15(20)21)2-5-14(13)19/h2-8,18H,1H3,(H,20,21). The topological polar surface area (TPSA) is 67.2 Å². The van der Waals surface area contributed by atoms with Gasteiger partial charge in [-0.25, -0.2) is 14.5 Å². The predicted molar refractivity (Wildman–Crippen MR) is 89.6 cm³/mol. The van der Waals surface area contributed by atoms with Gasteiger partial charge in [-0.15, -0.1) is 0 Å². The van der Waals surface area contributed by atoms with Gasteiger partial charge in [0, 0.05) is 3.57 Å². The normalized spacial score (nSPS) is 10.8. The van der Waals surface area contributed by atoms with Crippen molar-refractivity contribution in [1.82, 2.24) is 9.66 Å². The zero-order chi connectivity index (χ0) is 15.0. The number of carbonyl (C=O) groups is 1. The van der Waals surface area contributed by atoms with E-state index in [-0.39, 0.29) is 5.56 Å². The highest BCUT2D eigenvalue weighted by atomic mass is 127. The molecule has 0 saturated heterocycles. The fourth-order valence-electron chi connectivity index (χ4n) is 2.12. The molecule has 1 aromatic heterocycles. The quantitative estimate of drug-likeness (QED) is 0.669. The number of carboxylic acids is 1. The summed E-state index contributed by atoms with van der Waals surface area (Å²) in [5, 5.41) is 9.00. The largest absolute Gasteiger partial charge is 0.478 e. The lowest BCUT2D eigenvalue weighted by atomic mass is 10.2. The Hall–Kier alpha value is -2.09. The molecular weight excluding hydrogens is 381 g/mol. The second-order valence-electron chi connectivity index (χ2n) is 4.69. The SMILES string of the molecule is Cc1cc(I)ccc1Nn1cnc2cc(C(=O)O)ccc21. The molecule has 5 nitrogen and oxygen atoms in total. The Kier molecular flexibility index (Phi) is 3.54. The van der Waals surface area contributed by atoms with Gasteiger partial charge in [-0.3, -0.25) is 5.43 Å². The molecule has 0 radical (unpaired) electrons. The van der Waals surface area contributed by atoms with E-state index in [1.807, 2.05) is 19.1 Å². The molecule has 0 spiro atoms. The molecule has 3 rings (SSSR count). The van der Waals surface area contributed by atoms with Crippen LogP contribution in [0.4, 0.5) is 5.69 Å². The molecular formula is C15H12IN3O2. The number of hydrogen-bond acceptors (Lipinski definition) is 3. The molecule has 0 aliphatic rings. The van der Waals surface area contributed by atoms with E-state index in [2.05, 4.69) is 39.1 Å². The predicted octanol–water partition coefficient (Wildman–Crippen LogP) is 3.52. The lowest BCUT2D eigenvalue weighted by molar-refractivity contribution is 0.0697. The second kappa shape index (κ2) is 5.36. The summed E-state index contributed by atoms with van der Waals surface area (Å²) in [4.78, 5) is 15.2. The molecule has 6 heteroatoms. The third kappa shape index (κ3) is 2.71. The van der Waals surface area contributed by atoms with E-state index in [1.165, 1.54) is 3.57 Å². The Morgan fingerprint density at radius 1 is 1.29 bits per heavy atom. The smallest absolute Gasteiger partial charge is 0.335 e. The summed E-state index contributed by atoms with van der Waals surface area (Å²) in [5.41, 5.74) is 7.10. The zero-order valence-corrected chi connectivity index (χ0v) is 13.3. The van der Waals surface area contributed by atoms with Crippen molar-refractivity contribution in [3.63, 3.8) is 0 Å². The lowest BCUT2D eigenvalue weighted by Gasteiger charge is -2.11. The second-order valence-corrected chi connectivity index (χ2v) is 5.94. The van der Waals surface area contributed by atoms with Crippen molar-refractivity contribution < 1.29 is 9.90 Å². The summed E-state index contributed by atoms with van der Waals surface area (Å²) < 4.78 is 2.97. The third-order valence-corrected chi connectivity index (χ3v) is 3.89. The first-order chi connectivity index (χ1) is 10.0. The molecule has 0 aliphatic heterocycles. The van der Waals surface area contributed by atoms with Crippen LogP contribution in [0.5, 0.6) is 0 Å². The summed E-state index contributed by atoms with van der Waals surface area (Å²) in [7, 11) is 0. The molecule has 2 aromatic carbocycles. The fraction of sp³-hybridized carbons (Fsp3) is 0.0667. The Labute approximate surface area is 134 Å². The molecule has 106 valence electrons. The van der Waals surface area contributed by atoms with Crippen LogP contribution >= 0.6 is 22.6 Å². The van der Waals surface area contributed by atoms with Gasteiger partial charge in [0.1, 0.15) is 6.33 Å². The van der Waals surface area contributed by atoms with Gasteiger partial charge in [-0.1, -0.05) is 0 Å². The van der Waals surface area contributed by atoms with Gasteiger partial charge >= 0.3 is 5.97 Å². The summed E-state index contributed by atoms with van der Waals surface area (Å²) in [5.74, 6) is -0.951. The van der Waals surface area contributed by atoms with Gasteiger partial charge in [0.25, 0.3) is 0 Å². The van der Waals surface area contributed by atoms with Crippen molar-refractivity contribution in [3.8, 4) is 0 Å². The van der Waals surface area contributed by atoms with Crippen molar-refractivity contribution in [2.45, 2.75) is 6.92 Å². The number of anilines is 1. The van der Waals surface area contributed by atoms with Crippen LogP contribution in [0.2, 0.25) is 0 Å². The van der Waals surface area contributed by atoms with E-state index in [0.29, 0.717) is 5.52 Å². The average Bonchev–Trinajstić information content (AvgIpc) is 2.84. The number of hydrogen-bond donors (Lipinski definition) is 2. The highest BCUT2D eigenvalue weighted by Crippen LogP contribution is 2.20. The van der Waals surface area contributed by atoms with E-state index in [0.717, 1.165) is 16.8 Å². The van der Waals surface area contributed by atoms with Crippen LogP contribution in [0.3, 0.4) is 0 Å². The van der Waals surface area contributed by atoms with E-state index >= 15 is 0 Å². The van der Waals surface area contributed by atoms with Crippen molar-refractivity contribution in [3.05, 3.63) is 57.4 Å². The highest BCUT2D eigenvalue weighted by Gasteiger charge is 2.08. The number of aromatic nitrogens is 2. The van der Waals surface area contributed by atoms with Crippen LogP contribution in [0.1, 0.15) is 15.9 Å². The zero-order valence-electron chi connectivity index (χ0n) is 11.2. The van der Waals surface area contributed by atoms with Gasteiger partial charge in [-0.05, 0) is 71.5 Å². The molecule has 0 amide bonds. The number of nitrogens with zero attached hydrogens (tertiary/aromatic N) is 2. The lowest BCUT2D eigenvalue weighted by Crippen LogP contribution is -2.08. The molecule has 3 aromatic rings. The number of nitrogens with one attached hydrogen (secondary N) is 1. The number of halogens is 1. The number of imidazole rings is 1. The van der Waals surface area contributed by atoms with E-state index in [9.17, 15) is 4.79 Å². The van der Waals surface area contributed by atoms with Crippen LogP contribution < -0.4 is 5.43 Å². The van der Waals surface area contributed by atoms with Crippen molar-refractivity contribution in [1.29, 1.82) is 0 Å². The number of benzene rings is 2. The third-order valence-electron chi connectivity index (χ3n) is 3.22. The van der Waals surface area contributed by atoms with E-state index < -0.39 is 5.97 Å². The molecule has 0 saturated carbocycles. The number of aryl methyl sites for hydroxylation is 1. The molecule has 2 N–H and O–H groups in total. The van der Waals surface area contributed by atoms with E-state index in [4.69, 9.17) is 5.11 Å². The molecule has 0 aliphatic carbocycles. The summed E-state index contributed by atoms with van der Waals surface area (Å²) in [6.45, 7) is 2.03. The van der Waals surface area contributed by atoms with Crippen molar-refractivity contribution >= 4 is 45.3 Å². The van der Waals surface area contributed by atoms with Crippen LogP contribution in [0, 0.1) is 10.5 Å². The van der Waals surface area contributed by atoms with Crippen molar-refractivity contribution in [2.75, 3.05) is 5.43 Å². The maximum absolute atomic E-state index is 11.0. The van der Waals surface area contributed by atoms with Gasteiger partial charge in [0.05, 0.1) is 22.3 Å². The Morgan fingerprint density at radius 2 is 2.10 bits per heavy atom. The monoisotopic (exact) mass is 393 g/mol. The molecule has 0 fully saturated rings. The minimum absolute atomic E-state index is 0.234. The molecule has 0 atom stereocenters. The summed E-state index contributed by atoms with van der Waals surface area (Å²) in [6.07, 6.45) is 1.65. The van der Waals surface area contributed by atoms with Crippen LogP contribution in [-0.2, 0) is 0 Å². The molecule has 21 heavy (non-hydrogen) atoms. The van der Waals surface area contributed by atoms with E-state index in [1.54, 1.807) is 29.2 Å². The van der Waals surface area contributed by atoms with Gasteiger partial charge < -0.3 is 5.11 Å². The molecule has 1 heterocycles. The summed E-state index contributed by atoms with van der Waals surface area (Å²) >= 11 is 2.27. The first-order valence-electron chi connectivity index (χ1n) is 6.28. The average molecular weight is 393 g/mol. The first kappa shape index (κ1) is 13.9. The van der Waals surface area contributed by atoms with Gasteiger partial charge in [-0.2, -0.15) is 0 Å². The number of carboxylic acid groups (broad SMARTS) is 1. The number of aromatic carboxylic acids is 1. The Morgan fingerprint density at radius 3 is 2.81 bits per heavy atom. The number of rotatable bonds is 3. The van der Waals surface area contributed by atoms with Crippen LogP contribution in [-0.4, -0.2) is 20.7 Å². The summed E-state index contributed by atoms with van der Waals surface area (Å²) in [6, 6.07) is 11.0. The van der Waals surface area contributed by atoms with Gasteiger partial charge in [0.15, 0.2) is 0 Å². The maximum atomic E-state index is 11.0. The van der Waals surface area contributed by atoms with Crippen molar-refractivity contribution in [2.24, 2.45) is 0 Å². The maximum Gasteiger partial charge on any atom is 0.335 e. The van der Waals surface area contributed by atoms with Crippen LogP contribution in [0.25, 0.3) is 11.0 Å². The minimum Gasteiger partial charge on any atom is -0.478 e. The number of fused-ring (bicyclic) bond motifs is 1. The minimum atomic E-state index is -0.951. The Balaban J connectivity index is 1.99.